The maximum Gasteiger partial charge on any atom is 0.180 e. The molecular weight excluding hydrogens is 194 g/mol. The van der Waals surface area contributed by atoms with Crippen molar-refractivity contribution in [2.24, 2.45) is 0 Å². The molecule has 86 valence electrons. The van der Waals surface area contributed by atoms with Gasteiger partial charge in [0.1, 0.15) is 18.3 Å². The molecular formula is C7H17NO6. The molecule has 0 bridgehead atoms. The highest BCUT2D eigenvalue weighted by Crippen LogP contribution is 2.06. The predicted molar refractivity (Wildman–Crippen MR) is 46.2 cm³/mol. The second kappa shape index (κ2) is 6.25. The van der Waals surface area contributed by atoms with Gasteiger partial charge in [0.25, 0.3) is 0 Å². The highest BCUT2D eigenvalue weighted by atomic mass is 16.5. The number of aliphatic hydroxyl groups is 6. The number of nitrogens with one attached hydrogen (secondary N) is 1. The van der Waals surface area contributed by atoms with Crippen molar-refractivity contribution in [2.75, 3.05) is 13.6 Å². The highest BCUT2D eigenvalue weighted by Gasteiger charge is 2.33. The van der Waals surface area contributed by atoms with E-state index < -0.39 is 30.7 Å². The van der Waals surface area contributed by atoms with E-state index in [9.17, 15) is 10.2 Å². The van der Waals surface area contributed by atoms with E-state index in [0.29, 0.717) is 0 Å². The van der Waals surface area contributed by atoms with Gasteiger partial charge in [-0.25, -0.2) is 0 Å². The fourth-order valence-electron chi connectivity index (χ4n) is 0.936. The molecule has 0 saturated carbocycles. The molecule has 7 heteroatoms. The molecule has 0 rings (SSSR count). The monoisotopic (exact) mass is 211 g/mol. The van der Waals surface area contributed by atoms with Crippen molar-refractivity contribution in [1.29, 1.82) is 0 Å². The van der Waals surface area contributed by atoms with Crippen LogP contribution < -0.4 is 5.32 Å². The standard InChI is InChI=1S/C7H17NO6/c1-8-2-3(9)4(10)5(11)6(12)7(13)14/h3-14H,2H2,1H3. The number of aliphatic hydroxyl groups excluding tert-OH is 5. The third-order valence-electron chi connectivity index (χ3n) is 1.81. The SMILES string of the molecule is CNCC(O)C(O)C(O)C(O)C(O)O. The van der Waals surface area contributed by atoms with Crippen molar-refractivity contribution in [3.63, 3.8) is 0 Å². The zero-order valence-electron chi connectivity index (χ0n) is 7.78. The predicted octanol–water partition coefficient (Wildman–Crippen LogP) is -4.04. The van der Waals surface area contributed by atoms with Crippen molar-refractivity contribution < 1.29 is 30.6 Å². The van der Waals surface area contributed by atoms with E-state index in [4.69, 9.17) is 20.4 Å². The van der Waals surface area contributed by atoms with Crippen LogP contribution in [-0.4, -0.2) is 74.9 Å². The Morgan fingerprint density at radius 3 is 1.71 bits per heavy atom. The van der Waals surface area contributed by atoms with E-state index in [1.54, 1.807) is 0 Å². The number of rotatable bonds is 6. The molecule has 0 aromatic rings. The molecule has 0 saturated heterocycles. The minimum absolute atomic E-state index is 0.00642. The molecule has 0 fully saturated rings. The first-order chi connectivity index (χ1) is 6.41. The number of hydrogen-bond acceptors (Lipinski definition) is 7. The normalized spacial score (nSPS) is 20.6. The third kappa shape index (κ3) is 3.84. The first kappa shape index (κ1) is 13.7. The van der Waals surface area contributed by atoms with Gasteiger partial charge in [-0.15, -0.1) is 0 Å². The summed E-state index contributed by atoms with van der Waals surface area (Å²) in [6, 6.07) is 0. The summed E-state index contributed by atoms with van der Waals surface area (Å²) < 4.78 is 0. The average Bonchev–Trinajstić information content (AvgIpc) is 2.14. The van der Waals surface area contributed by atoms with Crippen molar-refractivity contribution in [3.05, 3.63) is 0 Å². The molecule has 4 atom stereocenters. The smallest absolute Gasteiger partial charge is 0.180 e. The summed E-state index contributed by atoms with van der Waals surface area (Å²) in [5.41, 5.74) is 0. The molecule has 7 nitrogen and oxygen atoms in total. The van der Waals surface area contributed by atoms with Crippen LogP contribution in [0.15, 0.2) is 0 Å². The van der Waals surface area contributed by atoms with E-state index in [-0.39, 0.29) is 6.54 Å². The van der Waals surface area contributed by atoms with Crippen molar-refractivity contribution in [1.82, 2.24) is 5.32 Å². The number of hydrogen-bond donors (Lipinski definition) is 7. The first-order valence-electron chi connectivity index (χ1n) is 4.14. The van der Waals surface area contributed by atoms with Gasteiger partial charge in [-0.05, 0) is 7.05 Å². The minimum Gasteiger partial charge on any atom is -0.389 e. The summed E-state index contributed by atoms with van der Waals surface area (Å²) in [6.45, 7) is 0.00642. The lowest BCUT2D eigenvalue weighted by molar-refractivity contribution is -0.187. The van der Waals surface area contributed by atoms with E-state index in [2.05, 4.69) is 5.32 Å². The molecule has 0 aliphatic heterocycles. The summed E-state index contributed by atoms with van der Waals surface area (Å²) in [5.74, 6) is 0. The van der Waals surface area contributed by atoms with Gasteiger partial charge in [0.2, 0.25) is 0 Å². The zero-order chi connectivity index (χ0) is 11.3. The molecule has 0 heterocycles. The Kier molecular flexibility index (Phi) is 6.12. The van der Waals surface area contributed by atoms with Crippen LogP contribution >= 0.6 is 0 Å². The Bertz CT molecular complexity index is 155. The largest absolute Gasteiger partial charge is 0.389 e. The number of likely N-dealkylation sites (N-methyl/N-ethyl adjacent to an activating group) is 1. The molecule has 0 aromatic heterocycles. The lowest BCUT2D eigenvalue weighted by Gasteiger charge is -2.27. The summed E-state index contributed by atoms with van der Waals surface area (Å²) in [4.78, 5) is 0. The van der Waals surface area contributed by atoms with E-state index in [1.807, 2.05) is 0 Å². The topological polar surface area (TPSA) is 133 Å². The summed E-state index contributed by atoms with van der Waals surface area (Å²) in [5, 5.41) is 56.0. The maximum atomic E-state index is 9.21. The summed E-state index contributed by atoms with van der Waals surface area (Å²) in [7, 11) is 1.53. The average molecular weight is 211 g/mol. The molecule has 0 aromatic carbocycles. The van der Waals surface area contributed by atoms with E-state index in [0.717, 1.165) is 0 Å². The fourth-order valence-corrected chi connectivity index (χ4v) is 0.936. The molecule has 0 aliphatic rings. The molecule has 4 unspecified atom stereocenters. The molecule has 0 spiro atoms. The van der Waals surface area contributed by atoms with Gasteiger partial charge in [0.15, 0.2) is 6.29 Å². The summed E-state index contributed by atoms with van der Waals surface area (Å²) >= 11 is 0. The van der Waals surface area contributed by atoms with Gasteiger partial charge in [0, 0.05) is 6.54 Å². The Morgan fingerprint density at radius 1 is 0.857 bits per heavy atom. The maximum absolute atomic E-state index is 9.21. The van der Waals surface area contributed by atoms with Crippen LogP contribution in [0.3, 0.4) is 0 Å². The molecule has 0 amide bonds. The van der Waals surface area contributed by atoms with Crippen molar-refractivity contribution in [3.8, 4) is 0 Å². The molecule has 0 radical (unpaired) electrons. The Balaban J connectivity index is 4.15. The van der Waals surface area contributed by atoms with Gasteiger partial charge in [0.05, 0.1) is 6.10 Å². The molecule has 0 aliphatic carbocycles. The second-order valence-electron chi connectivity index (χ2n) is 3.01. The van der Waals surface area contributed by atoms with Gasteiger partial charge in [-0.3, -0.25) is 0 Å². The van der Waals surface area contributed by atoms with Gasteiger partial charge in [-0.2, -0.15) is 0 Å². The van der Waals surface area contributed by atoms with Gasteiger partial charge in [-0.1, -0.05) is 0 Å². The quantitative estimate of drug-likeness (QED) is 0.222. The Hall–Kier alpha value is -0.280. The fraction of sp³-hybridized carbons (Fsp3) is 1.00. The minimum atomic E-state index is -2.17. The van der Waals surface area contributed by atoms with Crippen LogP contribution in [0, 0.1) is 0 Å². The lowest BCUT2D eigenvalue weighted by atomic mass is 10.0. The van der Waals surface area contributed by atoms with E-state index >= 15 is 0 Å². The Labute approximate surface area is 81.2 Å². The van der Waals surface area contributed by atoms with Crippen LogP contribution in [0.5, 0.6) is 0 Å². The lowest BCUT2D eigenvalue weighted by Crippen LogP contribution is -2.51. The zero-order valence-corrected chi connectivity index (χ0v) is 7.78. The van der Waals surface area contributed by atoms with Crippen LogP contribution in [0.1, 0.15) is 0 Å². The molecule has 7 N–H and O–H groups in total. The van der Waals surface area contributed by atoms with Gasteiger partial charge >= 0.3 is 0 Å². The van der Waals surface area contributed by atoms with E-state index in [1.165, 1.54) is 7.05 Å². The van der Waals surface area contributed by atoms with Crippen LogP contribution in [0.4, 0.5) is 0 Å². The molecule has 14 heavy (non-hydrogen) atoms. The highest BCUT2D eigenvalue weighted by molar-refractivity contribution is 4.82. The van der Waals surface area contributed by atoms with Crippen LogP contribution in [0.25, 0.3) is 0 Å². The second-order valence-corrected chi connectivity index (χ2v) is 3.01. The Morgan fingerprint density at radius 2 is 1.36 bits per heavy atom. The summed E-state index contributed by atoms with van der Waals surface area (Å²) in [6.07, 6.45) is -8.86. The third-order valence-corrected chi connectivity index (χ3v) is 1.81. The van der Waals surface area contributed by atoms with Crippen molar-refractivity contribution in [2.45, 2.75) is 30.7 Å². The van der Waals surface area contributed by atoms with Crippen molar-refractivity contribution >= 4 is 0 Å². The first-order valence-corrected chi connectivity index (χ1v) is 4.14. The van der Waals surface area contributed by atoms with Gasteiger partial charge < -0.3 is 36.0 Å². The van der Waals surface area contributed by atoms with Crippen LogP contribution in [0.2, 0.25) is 0 Å². The van der Waals surface area contributed by atoms with Crippen LogP contribution in [-0.2, 0) is 0 Å².